The third-order valence-electron chi connectivity index (χ3n) is 2.95. The molecule has 0 heterocycles. The summed E-state index contributed by atoms with van der Waals surface area (Å²) >= 11 is 0. The molecule has 0 spiro atoms. The van der Waals surface area contributed by atoms with Crippen molar-refractivity contribution in [3.63, 3.8) is 0 Å². The van der Waals surface area contributed by atoms with Crippen LogP contribution in [0.5, 0.6) is 5.75 Å². The third kappa shape index (κ3) is 5.00. The van der Waals surface area contributed by atoms with E-state index in [1.807, 2.05) is 12.1 Å². The van der Waals surface area contributed by atoms with Crippen molar-refractivity contribution in [2.24, 2.45) is 0 Å². The van der Waals surface area contributed by atoms with E-state index in [0.29, 0.717) is 17.0 Å². The van der Waals surface area contributed by atoms with E-state index >= 15 is 0 Å². The lowest BCUT2D eigenvalue weighted by molar-refractivity contribution is -0.139. The molecule has 2 rings (SSSR count). The fourth-order valence-electron chi connectivity index (χ4n) is 1.84. The first-order valence-electron chi connectivity index (χ1n) is 7.01. The Morgan fingerprint density at radius 1 is 1.12 bits per heavy atom. The Kier molecular flexibility index (Phi) is 5.70. The summed E-state index contributed by atoms with van der Waals surface area (Å²) in [6.07, 6.45) is 1.44. The smallest absolute Gasteiger partial charge is 0.341 e. The molecule has 0 bridgehead atoms. The largest absolute Gasteiger partial charge is 0.482 e. The highest BCUT2D eigenvalue weighted by Gasteiger charge is 2.09. The van der Waals surface area contributed by atoms with E-state index in [1.54, 1.807) is 48.5 Å². The molecule has 120 valence electrons. The molecule has 6 heteroatoms. The standard InChI is InChI=1S/C18H14N2O4/c19-11-14(18(23)20-15-4-2-1-3-5-15)10-13-6-8-16(9-7-13)24-12-17(21)22/h1-10H,12H2,(H,20,23)(H,21,22). The number of ether oxygens (including phenoxy) is 1. The number of carbonyl (C=O) groups excluding carboxylic acids is 1. The fourth-order valence-corrected chi connectivity index (χ4v) is 1.84. The molecular formula is C18H14N2O4. The zero-order chi connectivity index (χ0) is 17.4. The van der Waals surface area contributed by atoms with E-state index in [2.05, 4.69) is 5.32 Å². The van der Waals surface area contributed by atoms with Crippen LogP contribution in [0.25, 0.3) is 6.08 Å². The van der Waals surface area contributed by atoms with Crippen LogP contribution in [0.15, 0.2) is 60.2 Å². The van der Waals surface area contributed by atoms with Gasteiger partial charge in [-0.25, -0.2) is 4.79 Å². The Labute approximate surface area is 138 Å². The summed E-state index contributed by atoms with van der Waals surface area (Å²) < 4.78 is 5.02. The molecule has 24 heavy (non-hydrogen) atoms. The van der Waals surface area contributed by atoms with Gasteiger partial charge in [0.05, 0.1) is 0 Å². The number of rotatable bonds is 6. The van der Waals surface area contributed by atoms with Crippen molar-refractivity contribution in [2.45, 2.75) is 0 Å². The van der Waals surface area contributed by atoms with Crippen molar-refractivity contribution in [1.29, 1.82) is 5.26 Å². The predicted molar refractivity (Wildman–Crippen MR) is 88.2 cm³/mol. The fraction of sp³-hybridized carbons (Fsp3) is 0.0556. The van der Waals surface area contributed by atoms with Crippen LogP contribution in [0.3, 0.4) is 0 Å². The second kappa shape index (κ2) is 8.15. The first-order valence-corrected chi connectivity index (χ1v) is 7.01. The van der Waals surface area contributed by atoms with Crippen LogP contribution >= 0.6 is 0 Å². The van der Waals surface area contributed by atoms with Crippen LogP contribution in [-0.2, 0) is 9.59 Å². The van der Waals surface area contributed by atoms with Gasteiger partial charge in [0.1, 0.15) is 17.4 Å². The molecule has 1 amide bonds. The van der Waals surface area contributed by atoms with Gasteiger partial charge in [0.2, 0.25) is 0 Å². The second-order valence-corrected chi connectivity index (χ2v) is 4.74. The van der Waals surface area contributed by atoms with Crippen molar-refractivity contribution in [2.75, 3.05) is 11.9 Å². The quantitative estimate of drug-likeness (QED) is 0.629. The van der Waals surface area contributed by atoms with Gasteiger partial charge in [0.25, 0.3) is 5.91 Å². The lowest BCUT2D eigenvalue weighted by Crippen LogP contribution is -2.13. The van der Waals surface area contributed by atoms with Crippen LogP contribution in [0.2, 0.25) is 0 Å². The van der Waals surface area contributed by atoms with Gasteiger partial charge in [-0.15, -0.1) is 0 Å². The number of carbonyl (C=O) groups is 2. The molecule has 0 aliphatic rings. The lowest BCUT2D eigenvalue weighted by Gasteiger charge is -2.05. The second-order valence-electron chi connectivity index (χ2n) is 4.74. The summed E-state index contributed by atoms with van der Waals surface area (Å²) in [6.45, 7) is -0.432. The van der Waals surface area contributed by atoms with Crippen LogP contribution < -0.4 is 10.1 Å². The molecule has 0 saturated heterocycles. The number of aliphatic carboxylic acids is 1. The topological polar surface area (TPSA) is 99.4 Å². The number of nitrogens with zero attached hydrogens (tertiary/aromatic N) is 1. The Bertz CT molecular complexity index is 790. The van der Waals surface area contributed by atoms with Crippen molar-refractivity contribution >= 4 is 23.6 Å². The zero-order valence-electron chi connectivity index (χ0n) is 12.6. The highest BCUT2D eigenvalue weighted by molar-refractivity contribution is 6.09. The van der Waals surface area contributed by atoms with Gasteiger partial charge < -0.3 is 15.2 Å². The SMILES string of the molecule is N#CC(=Cc1ccc(OCC(=O)O)cc1)C(=O)Nc1ccccc1. The number of anilines is 1. The van der Waals surface area contributed by atoms with Crippen molar-refractivity contribution < 1.29 is 19.4 Å². The van der Waals surface area contributed by atoms with Gasteiger partial charge in [-0.2, -0.15) is 5.26 Å². The molecule has 0 aliphatic heterocycles. The summed E-state index contributed by atoms with van der Waals surface area (Å²) in [6, 6.07) is 17.1. The van der Waals surface area contributed by atoms with E-state index in [9.17, 15) is 9.59 Å². The summed E-state index contributed by atoms with van der Waals surface area (Å²) in [4.78, 5) is 22.5. The van der Waals surface area contributed by atoms with Gasteiger partial charge >= 0.3 is 5.97 Å². The summed E-state index contributed by atoms with van der Waals surface area (Å²) in [7, 11) is 0. The predicted octanol–water partition coefficient (Wildman–Crippen LogP) is 2.70. The van der Waals surface area contributed by atoms with Crippen LogP contribution in [0, 0.1) is 11.3 Å². The maximum atomic E-state index is 12.1. The van der Waals surface area contributed by atoms with E-state index < -0.39 is 18.5 Å². The first-order chi connectivity index (χ1) is 11.6. The van der Waals surface area contributed by atoms with Crippen molar-refractivity contribution in [3.05, 3.63) is 65.7 Å². The van der Waals surface area contributed by atoms with Gasteiger partial charge in [0, 0.05) is 5.69 Å². The molecule has 0 aromatic heterocycles. The number of para-hydroxylation sites is 1. The third-order valence-corrected chi connectivity index (χ3v) is 2.95. The highest BCUT2D eigenvalue weighted by atomic mass is 16.5. The Morgan fingerprint density at radius 2 is 1.79 bits per heavy atom. The van der Waals surface area contributed by atoms with Crippen LogP contribution in [0.1, 0.15) is 5.56 Å². The minimum absolute atomic E-state index is 0.0435. The minimum atomic E-state index is -1.07. The molecule has 0 atom stereocenters. The number of carboxylic acid groups (broad SMARTS) is 1. The van der Waals surface area contributed by atoms with E-state index in [-0.39, 0.29) is 5.57 Å². The monoisotopic (exact) mass is 322 g/mol. The lowest BCUT2D eigenvalue weighted by atomic mass is 10.1. The van der Waals surface area contributed by atoms with Crippen molar-refractivity contribution in [1.82, 2.24) is 0 Å². The van der Waals surface area contributed by atoms with E-state index in [0.717, 1.165) is 0 Å². The zero-order valence-corrected chi connectivity index (χ0v) is 12.6. The normalized spacial score (nSPS) is 10.5. The van der Waals surface area contributed by atoms with Gasteiger partial charge in [-0.3, -0.25) is 4.79 Å². The number of hydrogen-bond acceptors (Lipinski definition) is 4. The maximum Gasteiger partial charge on any atom is 0.341 e. The van der Waals surface area contributed by atoms with Gasteiger partial charge in [-0.1, -0.05) is 30.3 Å². The van der Waals surface area contributed by atoms with E-state index in [4.69, 9.17) is 15.1 Å². The summed E-state index contributed by atoms with van der Waals surface area (Å²) in [5.41, 5.74) is 1.18. The molecule has 0 saturated carbocycles. The maximum absolute atomic E-state index is 12.1. The van der Waals surface area contributed by atoms with Gasteiger partial charge in [-0.05, 0) is 35.9 Å². The van der Waals surface area contributed by atoms with Crippen LogP contribution in [-0.4, -0.2) is 23.6 Å². The molecule has 2 aromatic rings. The van der Waals surface area contributed by atoms with Crippen LogP contribution in [0.4, 0.5) is 5.69 Å². The number of nitrogens with one attached hydrogen (secondary N) is 1. The highest BCUT2D eigenvalue weighted by Crippen LogP contribution is 2.15. The molecule has 6 nitrogen and oxygen atoms in total. The Hall–Kier alpha value is -3.59. The van der Waals surface area contributed by atoms with Gasteiger partial charge in [0.15, 0.2) is 6.61 Å². The average molecular weight is 322 g/mol. The molecule has 0 unspecified atom stereocenters. The van der Waals surface area contributed by atoms with E-state index in [1.165, 1.54) is 6.08 Å². The van der Waals surface area contributed by atoms with Crippen molar-refractivity contribution in [3.8, 4) is 11.8 Å². The molecule has 2 N–H and O–H groups in total. The number of nitriles is 1. The molecular weight excluding hydrogens is 308 g/mol. The minimum Gasteiger partial charge on any atom is -0.482 e. The Balaban J connectivity index is 2.08. The molecule has 0 aliphatic carbocycles. The summed E-state index contributed by atoms with van der Waals surface area (Å²) in [5, 5.41) is 20.4. The molecule has 2 aromatic carbocycles. The summed E-state index contributed by atoms with van der Waals surface area (Å²) in [5.74, 6) is -1.18. The number of carboxylic acids is 1. The molecule has 0 radical (unpaired) electrons. The first kappa shape index (κ1) is 16.8. The molecule has 0 fully saturated rings. The number of amides is 1. The number of hydrogen-bond donors (Lipinski definition) is 2. The Morgan fingerprint density at radius 3 is 2.38 bits per heavy atom. The number of benzene rings is 2. The average Bonchev–Trinajstić information content (AvgIpc) is 2.59.